The first-order valence-corrected chi connectivity index (χ1v) is 13.0. The number of fused-ring (bicyclic) bond motifs is 1. The van der Waals surface area contributed by atoms with E-state index in [0.717, 1.165) is 35.7 Å². The monoisotopic (exact) mass is 489 g/mol. The highest BCUT2D eigenvalue weighted by molar-refractivity contribution is 8.26. The molecule has 34 heavy (non-hydrogen) atoms. The average Bonchev–Trinajstić information content (AvgIpc) is 3.54. The Kier molecular flexibility index (Phi) is 6.83. The van der Waals surface area contributed by atoms with Gasteiger partial charge in [0.25, 0.3) is 5.91 Å². The number of nitrogens with zero attached hydrogens (tertiary/aromatic N) is 2. The van der Waals surface area contributed by atoms with Crippen LogP contribution < -0.4 is 5.32 Å². The van der Waals surface area contributed by atoms with Crippen LogP contribution in [-0.2, 0) is 22.6 Å². The Balaban J connectivity index is 1.34. The predicted molar refractivity (Wildman–Crippen MR) is 142 cm³/mol. The number of carbonyl (C=O) groups excluding carboxylic acids is 2. The highest BCUT2D eigenvalue weighted by Crippen LogP contribution is 2.34. The molecule has 0 atom stereocenters. The summed E-state index contributed by atoms with van der Waals surface area (Å²) in [6, 6.07) is 18.4. The normalized spacial score (nSPS) is 17.9. The van der Waals surface area contributed by atoms with Gasteiger partial charge in [0, 0.05) is 35.2 Å². The first-order chi connectivity index (χ1) is 16.6. The van der Waals surface area contributed by atoms with Crippen LogP contribution in [0.15, 0.2) is 65.7 Å². The van der Waals surface area contributed by atoms with Crippen LogP contribution in [0.5, 0.6) is 0 Å². The van der Waals surface area contributed by atoms with Crippen LogP contribution in [0.1, 0.15) is 36.8 Å². The summed E-state index contributed by atoms with van der Waals surface area (Å²) in [5.41, 5.74) is 3.09. The molecule has 5 nitrogen and oxygen atoms in total. The summed E-state index contributed by atoms with van der Waals surface area (Å²) in [7, 11) is 0. The van der Waals surface area contributed by atoms with Crippen molar-refractivity contribution in [3.8, 4) is 0 Å². The number of hydrogen-bond donors (Lipinski definition) is 1. The van der Waals surface area contributed by atoms with E-state index < -0.39 is 0 Å². The smallest absolute Gasteiger partial charge is 0.266 e. The van der Waals surface area contributed by atoms with Gasteiger partial charge in [-0.2, -0.15) is 0 Å². The third-order valence-corrected chi connectivity index (χ3v) is 7.86. The van der Waals surface area contributed by atoms with Gasteiger partial charge in [-0.15, -0.1) is 0 Å². The van der Waals surface area contributed by atoms with Crippen LogP contribution in [0.3, 0.4) is 0 Å². The third kappa shape index (κ3) is 4.95. The number of carbonyl (C=O) groups is 2. The number of para-hydroxylation sites is 1. The molecule has 1 N–H and O–H groups in total. The molecule has 3 aromatic rings. The van der Waals surface area contributed by atoms with E-state index in [0.29, 0.717) is 21.8 Å². The maximum Gasteiger partial charge on any atom is 0.266 e. The Hall–Kier alpha value is -2.90. The van der Waals surface area contributed by atoms with E-state index in [4.69, 9.17) is 12.2 Å². The number of benzene rings is 2. The number of hydrogen-bond acceptors (Lipinski definition) is 4. The summed E-state index contributed by atoms with van der Waals surface area (Å²) in [4.78, 5) is 28.1. The fraction of sp³-hybridized carbons (Fsp3) is 0.296. The van der Waals surface area contributed by atoms with Crippen molar-refractivity contribution in [1.29, 1.82) is 0 Å². The van der Waals surface area contributed by atoms with Gasteiger partial charge in [-0.05, 0) is 37.0 Å². The van der Waals surface area contributed by atoms with Gasteiger partial charge in [0.2, 0.25) is 5.91 Å². The lowest BCUT2D eigenvalue weighted by molar-refractivity contribution is -0.123. The van der Waals surface area contributed by atoms with E-state index in [1.807, 2.05) is 59.3 Å². The lowest BCUT2D eigenvalue weighted by Gasteiger charge is -2.14. The number of aromatic nitrogens is 1. The number of amides is 2. The minimum absolute atomic E-state index is 0.0337. The molecule has 1 aliphatic carbocycles. The molecule has 7 heteroatoms. The van der Waals surface area contributed by atoms with Gasteiger partial charge < -0.3 is 9.88 Å². The Morgan fingerprint density at radius 1 is 1.09 bits per heavy atom. The zero-order valence-corrected chi connectivity index (χ0v) is 20.5. The topological polar surface area (TPSA) is 54.3 Å². The van der Waals surface area contributed by atoms with Crippen molar-refractivity contribution < 1.29 is 9.59 Å². The minimum atomic E-state index is -0.0539. The van der Waals surface area contributed by atoms with Crippen molar-refractivity contribution in [2.24, 2.45) is 0 Å². The molecule has 0 unspecified atom stereocenters. The van der Waals surface area contributed by atoms with E-state index in [9.17, 15) is 9.59 Å². The summed E-state index contributed by atoms with van der Waals surface area (Å²) in [6.07, 6.45) is 9.14. The van der Waals surface area contributed by atoms with Gasteiger partial charge in [0.15, 0.2) is 0 Å². The maximum atomic E-state index is 13.1. The van der Waals surface area contributed by atoms with Crippen molar-refractivity contribution in [3.05, 3.63) is 76.8 Å². The van der Waals surface area contributed by atoms with Gasteiger partial charge in [-0.25, -0.2) is 0 Å². The zero-order chi connectivity index (χ0) is 23.5. The summed E-state index contributed by atoms with van der Waals surface area (Å²) in [6.45, 7) is 0.831. The van der Waals surface area contributed by atoms with E-state index in [-0.39, 0.29) is 18.4 Å². The third-order valence-electron chi connectivity index (χ3n) is 6.48. The zero-order valence-electron chi connectivity index (χ0n) is 18.9. The molecule has 1 aromatic heterocycles. The molecule has 0 spiro atoms. The van der Waals surface area contributed by atoms with Crippen LogP contribution in [0.2, 0.25) is 0 Å². The fourth-order valence-electron chi connectivity index (χ4n) is 4.74. The Morgan fingerprint density at radius 3 is 2.62 bits per heavy atom. The first-order valence-electron chi connectivity index (χ1n) is 11.7. The molecular formula is C27H27N3O2S2. The van der Waals surface area contributed by atoms with E-state index >= 15 is 0 Å². The Morgan fingerprint density at radius 2 is 1.82 bits per heavy atom. The second-order valence-corrected chi connectivity index (χ2v) is 10.5. The van der Waals surface area contributed by atoms with Gasteiger partial charge in [0.1, 0.15) is 10.9 Å². The fourth-order valence-corrected chi connectivity index (χ4v) is 6.04. The van der Waals surface area contributed by atoms with Crippen molar-refractivity contribution in [2.75, 3.05) is 6.54 Å². The second-order valence-electron chi connectivity index (χ2n) is 8.85. The number of thioether (sulfide) groups is 1. The van der Waals surface area contributed by atoms with E-state index in [1.165, 1.54) is 30.2 Å². The van der Waals surface area contributed by atoms with Crippen LogP contribution in [0, 0.1) is 0 Å². The summed E-state index contributed by atoms with van der Waals surface area (Å²) in [5.74, 6) is -0.0202. The lowest BCUT2D eigenvalue weighted by atomic mass is 10.1. The van der Waals surface area contributed by atoms with Crippen LogP contribution in [0.25, 0.3) is 17.0 Å². The lowest BCUT2D eigenvalue weighted by Crippen LogP contribution is -2.35. The van der Waals surface area contributed by atoms with Crippen molar-refractivity contribution in [1.82, 2.24) is 14.8 Å². The Labute approximate surface area is 209 Å². The van der Waals surface area contributed by atoms with Gasteiger partial charge >= 0.3 is 0 Å². The van der Waals surface area contributed by atoms with Crippen molar-refractivity contribution in [2.45, 2.75) is 44.7 Å². The molecule has 1 aliphatic heterocycles. The SMILES string of the molecule is O=C(Cn1cc(/C=C2\SC(=S)N(CCc3ccccc3)C2=O)c2ccccc21)NC1CCCC1. The summed E-state index contributed by atoms with van der Waals surface area (Å²) >= 11 is 6.87. The Bertz CT molecular complexity index is 1260. The molecule has 0 bridgehead atoms. The number of rotatable bonds is 7. The minimum Gasteiger partial charge on any atom is -0.352 e. The van der Waals surface area contributed by atoms with Crippen LogP contribution in [-0.4, -0.2) is 38.2 Å². The highest BCUT2D eigenvalue weighted by atomic mass is 32.2. The van der Waals surface area contributed by atoms with Gasteiger partial charge in [0.05, 0.1) is 4.91 Å². The molecule has 174 valence electrons. The van der Waals surface area contributed by atoms with Gasteiger partial charge in [-0.1, -0.05) is 85.4 Å². The molecule has 1 saturated heterocycles. The van der Waals surface area contributed by atoms with Crippen LogP contribution in [0.4, 0.5) is 0 Å². The molecule has 1 saturated carbocycles. The number of thiocarbonyl (C=S) groups is 1. The maximum absolute atomic E-state index is 13.1. The molecular weight excluding hydrogens is 462 g/mol. The van der Waals surface area contributed by atoms with Crippen molar-refractivity contribution in [3.63, 3.8) is 0 Å². The first kappa shape index (κ1) is 22.9. The molecule has 5 rings (SSSR count). The largest absolute Gasteiger partial charge is 0.352 e. The molecule has 2 amide bonds. The quantitative estimate of drug-likeness (QED) is 0.369. The molecule has 2 aliphatic rings. The van der Waals surface area contributed by atoms with Crippen LogP contribution >= 0.6 is 24.0 Å². The van der Waals surface area contributed by atoms with E-state index in [1.54, 1.807) is 4.90 Å². The molecule has 2 fully saturated rings. The summed E-state index contributed by atoms with van der Waals surface area (Å²) in [5, 5.41) is 4.18. The average molecular weight is 490 g/mol. The number of nitrogens with one attached hydrogen (secondary N) is 1. The second kappa shape index (κ2) is 10.2. The predicted octanol–water partition coefficient (Wildman–Crippen LogP) is 5.14. The van der Waals surface area contributed by atoms with Gasteiger partial charge in [-0.3, -0.25) is 14.5 Å². The van der Waals surface area contributed by atoms with E-state index in [2.05, 4.69) is 17.4 Å². The van der Waals surface area contributed by atoms with Crippen molar-refractivity contribution >= 4 is 57.1 Å². The summed E-state index contributed by atoms with van der Waals surface area (Å²) < 4.78 is 2.56. The molecule has 2 aromatic carbocycles. The molecule has 2 heterocycles. The highest BCUT2D eigenvalue weighted by Gasteiger charge is 2.32. The molecule has 0 radical (unpaired) electrons. The standard InChI is InChI=1S/C27H27N3O2S2/c31-25(28-21-10-4-5-11-21)18-29-17-20(22-12-6-7-13-23(22)29)16-24-26(32)30(27(33)34-24)15-14-19-8-2-1-3-9-19/h1-3,6-9,12-13,16-17,21H,4-5,10-11,14-15,18H2,(H,28,31)/b24-16-.